The van der Waals surface area contributed by atoms with Crippen molar-refractivity contribution in [3.8, 4) is 0 Å². The van der Waals surface area contributed by atoms with Crippen LogP contribution in [0.5, 0.6) is 0 Å². The smallest absolute Gasteiger partial charge is 0.374 e. The highest BCUT2D eigenvalue weighted by atomic mass is 32.2. The molecule has 6 rings (SSSR count). The zero-order valence-corrected chi connectivity index (χ0v) is 28.2. The number of furan rings is 1. The normalized spacial score (nSPS) is 13.5. The second-order valence-corrected chi connectivity index (χ2v) is 13.7. The summed E-state index contributed by atoms with van der Waals surface area (Å²) in [7, 11) is -4.09. The molecule has 5 aromatic rings. The minimum absolute atomic E-state index is 0.00829. The zero-order valence-electron chi connectivity index (χ0n) is 27.4. The molecule has 248 valence electrons. The number of rotatable bonds is 10. The lowest BCUT2D eigenvalue weighted by Gasteiger charge is -2.38. The van der Waals surface area contributed by atoms with Crippen LogP contribution >= 0.6 is 0 Å². The third kappa shape index (κ3) is 6.66. The maximum Gasteiger partial charge on any atom is 0.374 e. The summed E-state index contributed by atoms with van der Waals surface area (Å²) in [6.07, 6.45) is 0.493. The van der Waals surface area contributed by atoms with Crippen molar-refractivity contribution in [2.75, 3.05) is 48.5 Å². The summed E-state index contributed by atoms with van der Waals surface area (Å²) < 4.78 is 41.7. The Morgan fingerprint density at radius 1 is 0.854 bits per heavy atom. The van der Waals surface area contributed by atoms with Crippen LogP contribution in [0.4, 0.5) is 11.4 Å². The van der Waals surface area contributed by atoms with Crippen molar-refractivity contribution in [2.24, 2.45) is 0 Å². The van der Waals surface area contributed by atoms with Crippen molar-refractivity contribution in [3.05, 3.63) is 125 Å². The minimum atomic E-state index is -4.09. The van der Waals surface area contributed by atoms with Gasteiger partial charge in [0.1, 0.15) is 5.58 Å². The lowest BCUT2D eigenvalue weighted by Crippen LogP contribution is -2.49. The van der Waals surface area contributed by atoms with Gasteiger partial charge in [-0.3, -0.25) is 9.10 Å². The molecule has 0 saturated carbocycles. The Morgan fingerprint density at radius 2 is 1.54 bits per heavy atom. The summed E-state index contributed by atoms with van der Waals surface area (Å²) >= 11 is 0. The van der Waals surface area contributed by atoms with Gasteiger partial charge in [-0.05, 0) is 75.2 Å². The highest BCUT2D eigenvalue weighted by Crippen LogP contribution is 2.36. The Bertz CT molecular complexity index is 2030. The van der Waals surface area contributed by atoms with Gasteiger partial charge in [0, 0.05) is 49.2 Å². The fourth-order valence-electron chi connectivity index (χ4n) is 6.10. The van der Waals surface area contributed by atoms with Crippen molar-refractivity contribution in [1.29, 1.82) is 0 Å². The maximum absolute atomic E-state index is 14.6. The van der Waals surface area contributed by atoms with Crippen molar-refractivity contribution < 1.29 is 27.2 Å². The fourth-order valence-corrected chi connectivity index (χ4v) is 7.60. The summed E-state index contributed by atoms with van der Waals surface area (Å²) in [5, 5.41) is 0.532. The number of aryl methyl sites for hydroxylation is 2. The van der Waals surface area contributed by atoms with Gasteiger partial charge in [-0.1, -0.05) is 60.2 Å². The first-order chi connectivity index (χ1) is 23.2. The van der Waals surface area contributed by atoms with Gasteiger partial charge in [0.2, 0.25) is 5.76 Å². The minimum Gasteiger partial charge on any atom is -0.460 e. The predicted octanol–water partition coefficient (Wildman–Crippen LogP) is 6.63. The second-order valence-electron chi connectivity index (χ2n) is 11.9. The van der Waals surface area contributed by atoms with Crippen LogP contribution in [0.1, 0.15) is 44.5 Å². The monoisotopic (exact) mass is 665 g/mol. The van der Waals surface area contributed by atoms with Gasteiger partial charge in [0.25, 0.3) is 15.9 Å². The van der Waals surface area contributed by atoms with E-state index in [-0.39, 0.29) is 29.7 Å². The molecule has 1 aromatic heterocycles. The molecule has 1 aliphatic heterocycles. The van der Waals surface area contributed by atoms with Crippen LogP contribution in [-0.2, 0) is 21.2 Å². The van der Waals surface area contributed by atoms with E-state index in [0.717, 1.165) is 16.8 Å². The number of benzene rings is 4. The molecule has 1 amide bonds. The summed E-state index contributed by atoms with van der Waals surface area (Å²) in [6.45, 7) is 7.96. The molecule has 1 aliphatic rings. The molecular formula is C38H39N3O6S. The molecular weight excluding hydrogens is 627 g/mol. The standard InChI is InChI=1S/C38H39N3O6S/c1-4-46-38(43)36-28(3)32-26-31(18-19-35(32)47-36)48(44,45)41(21-20-29-10-6-5-7-11-29)34-13-9-8-12-33(34)39-22-24-40(25-23-39)37(42)30-16-14-27(2)15-17-30/h5-19,26H,4,20-25H2,1-3H3. The van der Waals surface area contributed by atoms with Crippen molar-refractivity contribution >= 4 is 44.2 Å². The average molecular weight is 666 g/mol. The van der Waals surface area contributed by atoms with E-state index < -0.39 is 16.0 Å². The number of carbonyl (C=O) groups is 2. The summed E-state index contributed by atoms with van der Waals surface area (Å²) in [5.41, 5.74) is 5.04. The SMILES string of the molecule is CCOC(=O)c1oc2ccc(S(=O)(=O)N(CCc3ccccc3)c3ccccc3N3CCN(C(=O)c4ccc(C)cc4)CC3)cc2c1C. The van der Waals surface area contributed by atoms with Gasteiger partial charge in [0.05, 0.1) is 22.9 Å². The van der Waals surface area contributed by atoms with Crippen LogP contribution in [0.2, 0.25) is 0 Å². The number of para-hydroxylation sites is 2. The third-order valence-corrected chi connectivity index (χ3v) is 10.6. The predicted molar refractivity (Wildman–Crippen MR) is 187 cm³/mol. The van der Waals surface area contributed by atoms with Crippen molar-refractivity contribution in [2.45, 2.75) is 32.1 Å². The molecule has 1 fully saturated rings. The molecule has 0 spiro atoms. The maximum atomic E-state index is 14.6. The van der Waals surface area contributed by atoms with E-state index in [2.05, 4.69) is 4.90 Å². The summed E-state index contributed by atoms with van der Waals surface area (Å²) in [4.78, 5) is 29.8. The molecule has 1 saturated heterocycles. The molecule has 0 atom stereocenters. The molecule has 10 heteroatoms. The fraction of sp³-hybridized carbons (Fsp3) is 0.263. The molecule has 0 bridgehead atoms. The lowest BCUT2D eigenvalue weighted by atomic mass is 10.1. The van der Waals surface area contributed by atoms with Gasteiger partial charge in [0.15, 0.2) is 0 Å². The van der Waals surface area contributed by atoms with E-state index in [1.54, 1.807) is 26.0 Å². The van der Waals surface area contributed by atoms with Crippen LogP contribution in [0.3, 0.4) is 0 Å². The Balaban J connectivity index is 1.33. The summed E-state index contributed by atoms with van der Waals surface area (Å²) in [6, 6.07) is 29.6. The zero-order chi connectivity index (χ0) is 33.8. The number of nitrogens with zero attached hydrogens (tertiary/aromatic N) is 3. The number of carbonyl (C=O) groups excluding carboxylic acids is 2. The molecule has 2 heterocycles. The van der Waals surface area contributed by atoms with Crippen LogP contribution in [0.15, 0.2) is 106 Å². The number of fused-ring (bicyclic) bond motifs is 1. The Labute approximate surface area is 281 Å². The quantitative estimate of drug-likeness (QED) is 0.155. The van der Waals surface area contributed by atoms with Gasteiger partial charge in [-0.15, -0.1) is 0 Å². The van der Waals surface area contributed by atoms with Crippen LogP contribution in [0.25, 0.3) is 11.0 Å². The number of esters is 1. The lowest BCUT2D eigenvalue weighted by molar-refractivity contribution is 0.0491. The molecule has 4 aromatic carbocycles. The number of hydrogen-bond donors (Lipinski definition) is 0. The van der Waals surface area contributed by atoms with Crippen LogP contribution in [-0.4, -0.2) is 64.5 Å². The van der Waals surface area contributed by atoms with E-state index in [1.807, 2.05) is 90.7 Å². The Kier molecular flexibility index (Phi) is 9.54. The van der Waals surface area contributed by atoms with Crippen molar-refractivity contribution in [1.82, 2.24) is 4.90 Å². The molecule has 0 unspecified atom stereocenters. The van der Waals surface area contributed by atoms with Crippen LogP contribution in [0, 0.1) is 13.8 Å². The van der Waals surface area contributed by atoms with Crippen LogP contribution < -0.4 is 9.21 Å². The summed E-state index contributed by atoms with van der Waals surface area (Å²) in [5.74, 6) is -0.534. The van der Waals surface area contributed by atoms with Gasteiger partial charge < -0.3 is 19.0 Å². The molecule has 9 nitrogen and oxygen atoms in total. The largest absolute Gasteiger partial charge is 0.460 e. The van der Waals surface area contributed by atoms with E-state index in [9.17, 15) is 18.0 Å². The first-order valence-corrected chi connectivity index (χ1v) is 17.6. The highest BCUT2D eigenvalue weighted by molar-refractivity contribution is 7.92. The van der Waals surface area contributed by atoms with E-state index in [1.165, 1.54) is 10.4 Å². The van der Waals surface area contributed by atoms with Crippen molar-refractivity contribution in [3.63, 3.8) is 0 Å². The number of ether oxygens (including phenoxy) is 1. The number of sulfonamides is 1. The Morgan fingerprint density at radius 3 is 2.25 bits per heavy atom. The van der Waals surface area contributed by atoms with Gasteiger partial charge in [-0.25, -0.2) is 13.2 Å². The number of piperazine rings is 1. The van der Waals surface area contributed by atoms with E-state index in [0.29, 0.717) is 60.4 Å². The first kappa shape index (κ1) is 32.8. The molecule has 0 radical (unpaired) electrons. The number of anilines is 2. The Hall–Kier alpha value is -5.09. The molecule has 0 aliphatic carbocycles. The van der Waals surface area contributed by atoms with E-state index in [4.69, 9.17) is 9.15 Å². The number of amides is 1. The molecule has 0 N–H and O–H groups in total. The van der Waals surface area contributed by atoms with Gasteiger partial charge in [-0.2, -0.15) is 0 Å². The third-order valence-electron chi connectivity index (χ3n) is 8.76. The second kappa shape index (κ2) is 13.9. The number of hydrogen-bond acceptors (Lipinski definition) is 7. The van der Waals surface area contributed by atoms with Gasteiger partial charge >= 0.3 is 5.97 Å². The first-order valence-electron chi connectivity index (χ1n) is 16.1. The average Bonchev–Trinajstić information content (AvgIpc) is 3.44. The molecule has 48 heavy (non-hydrogen) atoms. The highest BCUT2D eigenvalue weighted by Gasteiger charge is 2.31. The topological polar surface area (TPSA) is 100 Å². The van der Waals surface area contributed by atoms with E-state index >= 15 is 0 Å².